The Morgan fingerprint density at radius 1 is 1.43 bits per heavy atom. The molecule has 0 bridgehead atoms. The van der Waals surface area contributed by atoms with E-state index in [-0.39, 0.29) is 11.9 Å². The van der Waals surface area contributed by atoms with E-state index in [1.807, 2.05) is 25.1 Å². The first kappa shape index (κ1) is 16.7. The van der Waals surface area contributed by atoms with Crippen LogP contribution in [-0.4, -0.2) is 34.9 Å². The van der Waals surface area contributed by atoms with Gasteiger partial charge in [0.05, 0.1) is 18.8 Å². The highest BCUT2D eigenvalue weighted by Crippen LogP contribution is 2.23. The summed E-state index contributed by atoms with van der Waals surface area (Å²) >= 11 is 0. The Morgan fingerprint density at radius 3 is 2.83 bits per heavy atom. The molecule has 0 saturated carbocycles. The van der Waals surface area contributed by atoms with Crippen LogP contribution in [0.3, 0.4) is 0 Å². The minimum atomic E-state index is -0.143. The van der Waals surface area contributed by atoms with Gasteiger partial charge in [-0.2, -0.15) is 0 Å². The largest absolute Gasteiger partial charge is 0.496 e. The number of ether oxygens (including phenoxy) is 1. The molecule has 120 valence electrons. The number of hydrogen-bond donors (Lipinski definition) is 0. The third-order valence-corrected chi connectivity index (χ3v) is 3.83. The second-order valence-electron chi connectivity index (χ2n) is 5.25. The lowest BCUT2D eigenvalue weighted by atomic mass is 10.0. The SMILES string of the molecule is C=CCc1cc(C(=O)N(C)[C@@H](C)c2ccncn2)ccc1OC. The van der Waals surface area contributed by atoms with Gasteiger partial charge in [0, 0.05) is 18.8 Å². The van der Waals surface area contributed by atoms with Gasteiger partial charge in [-0.3, -0.25) is 4.79 Å². The van der Waals surface area contributed by atoms with E-state index in [0.717, 1.165) is 17.0 Å². The van der Waals surface area contributed by atoms with Crippen molar-refractivity contribution >= 4 is 5.91 Å². The predicted octanol–water partition coefficient (Wildman–Crippen LogP) is 3.05. The molecule has 0 aliphatic heterocycles. The lowest BCUT2D eigenvalue weighted by Gasteiger charge is -2.24. The zero-order valence-electron chi connectivity index (χ0n) is 13.7. The van der Waals surface area contributed by atoms with Crippen LogP contribution in [0.15, 0.2) is 49.4 Å². The second-order valence-corrected chi connectivity index (χ2v) is 5.25. The average molecular weight is 311 g/mol. The molecule has 0 radical (unpaired) electrons. The molecule has 0 aliphatic carbocycles. The number of aromatic nitrogens is 2. The molecule has 0 spiro atoms. The van der Waals surface area contributed by atoms with Crippen molar-refractivity contribution in [2.75, 3.05) is 14.2 Å². The van der Waals surface area contributed by atoms with E-state index in [2.05, 4.69) is 16.5 Å². The van der Waals surface area contributed by atoms with Gasteiger partial charge in [-0.15, -0.1) is 6.58 Å². The van der Waals surface area contributed by atoms with Crippen molar-refractivity contribution in [3.63, 3.8) is 0 Å². The highest BCUT2D eigenvalue weighted by Gasteiger charge is 2.20. The van der Waals surface area contributed by atoms with Gasteiger partial charge in [-0.25, -0.2) is 9.97 Å². The maximum Gasteiger partial charge on any atom is 0.254 e. The summed E-state index contributed by atoms with van der Waals surface area (Å²) in [6.07, 6.45) is 5.60. The Hall–Kier alpha value is -2.69. The van der Waals surface area contributed by atoms with E-state index in [9.17, 15) is 4.79 Å². The van der Waals surface area contributed by atoms with E-state index >= 15 is 0 Å². The van der Waals surface area contributed by atoms with Crippen molar-refractivity contribution in [3.05, 3.63) is 66.3 Å². The third-order valence-electron chi connectivity index (χ3n) is 3.83. The lowest BCUT2D eigenvalue weighted by molar-refractivity contribution is 0.0739. The topological polar surface area (TPSA) is 55.3 Å². The van der Waals surface area contributed by atoms with Gasteiger partial charge in [0.25, 0.3) is 5.91 Å². The Bertz CT molecular complexity index is 686. The van der Waals surface area contributed by atoms with Crippen LogP contribution in [0.1, 0.15) is 34.6 Å². The molecule has 0 aliphatic rings. The number of benzene rings is 1. The first-order chi connectivity index (χ1) is 11.1. The Kier molecular flexibility index (Phi) is 5.46. The van der Waals surface area contributed by atoms with Crippen molar-refractivity contribution in [3.8, 4) is 5.75 Å². The Labute approximate surface area is 136 Å². The molecule has 0 N–H and O–H groups in total. The molecule has 1 aromatic carbocycles. The van der Waals surface area contributed by atoms with Crippen molar-refractivity contribution in [2.45, 2.75) is 19.4 Å². The minimum Gasteiger partial charge on any atom is -0.496 e. The second kappa shape index (κ2) is 7.54. The number of rotatable bonds is 6. The molecule has 1 atom stereocenters. The first-order valence-corrected chi connectivity index (χ1v) is 7.39. The van der Waals surface area contributed by atoms with Crippen molar-refractivity contribution in [1.29, 1.82) is 0 Å². The molecule has 0 saturated heterocycles. The van der Waals surface area contributed by atoms with Gasteiger partial charge in [0.2, 0.25) is 0 Å². The minimum absolute atomic E-state index is 0.0657. The standard InChI is InChI=1S/C18H21N3O2/c1-5-6-14-11-15(7-8-17(14)23-4)18(22)21(3)13(2)16-9-10-19-12-20-16/h5,7-13H,1,6H2,2-4H3/t13-/m0/s1. The summed E-state index contributed by atoms with van der Waals surface area (Å²) in [6.45, 7) is 5.68. The Balaban J connectivity index is 2.25. The normalized spacial score (nSPS) is 11.6. The fraction of sp³-hybridized carbons (Fsp3) is 0.278. The van der Waals surface area contributed by atoms with Crippen LogP contribution in [0.2, 0.25) is 0 Å². The summed E-state index contributed by atoms with van der Waals surface area (Å²) in [4.78, 5) is 22.5. The van der Waals surface area contributed by atoms with Crippen LogP contribution in [0.4, 0.5) is 0 Å². The van der Waals surface area contributed by atoms with Crippen LogP contribution in [0.25, 0.3) is 0 Å². The molecule has 0 fully saturated rings. The van der Waals surface area contributed by atoms with E-state index in [1.165, 1.54) is 6.33 Å². The van der Waals surface area contributed by atoms with Crippen LogP contribution in [0.5, 0.6) is 5.75 Å². The van der Waals surface area contributed by atoms with Gasteiger partial charge in [0.1, 0.15) is 12.1 Å². The summed E-state index contributed by atoms with van der Waals surface area (Å²) in [7, 11) is 3.39. The van der Waals surface area contributed by atoms with Crippen LogP contribution in [-0.2, 0) is 6.42 Å². The molecular formula is C18H21N3O2. The molecule has 2 aromatic rings. The summed E-state index contributed by atoms with van der Waals surface area (Å²) in [5.74, 6) is 0.692. The monoisotopic (exact) mass is 311 g/mol. The van der Waals surface area contributed by atoms with E-state index in [4.69, 9.17) is 4.74 Å². The highest BCUT2D eigenvalue weighted by molar-refractivity contribution is 5.94. The van der Waals surface area contributed by atoms with Crippen LogP contribution >= 0.6 is 0 Å². The van der Waals surface area contributed by atoms with Gasteiger partial charge in [0.15, 0.2) is 0 Å². The van der Waals surface area contributed by atoms with Crippen LogP contribution < -0.4 is 4.74 Å². The maximum atomic E-state index is 12.7. The summed E-state index contributed by atoms with van der Waals surface area (Å²) in [5, 5.41) is 0. The molecular weight excluding hydrogens is 290 g/mol. The Morgan fingerprint density at radius 2 is 2.22 bits per heavy atom. The smallest absolute Gasteiger partial charge is 0.254 e. The van der Waals surface area contributed by atoms with E-state index in [1.54, 1.807) is 37.4 Å². The summed E-state index contributed by atoms with van der Waals surface area (Å²) < 4.78 is 5.32. The zero-order valence-corrected chi connectivity index (χ0v) is 13.7. The fourth-order valence-electron chi connectivity index (χ4n) is 2.35. The summed E-state index contributed by atoms with van der Waals surface area (Å²) in [6, 6.07) is 7.11. The molecule has 23 heavy (non-hydrogen) atoms. The van der Waals surface area contributed by atoms with Crippen LogP contribution in [0, 0.1) is 0 Å². The van der Waals surface area contributed by atoms with Crippen molar-refractivity contribution < 1.29 is 9.53 Å². The molecule has 1 aromatic heterocycles. The van der Waals surface area contributed by atoms with Gasteiger partial charge >= 0.3 is 0 Å². The highest BCUT2D eigenvalue weighted by atomic mass is 16.5. The summed E-state index contributed by atoms with van der Waals surface area (Å²) in [5.41, 5.74) is 2.36. The number of hydrogen-bond acceptors (Lipinski definition) is 4. The number of allylic oxidation sites excluding steroid dienone is 1. The van der Waals surface area contributed by atoms with Gasteiger partial charge in [-0.1, -0.05) is 6.08 Å². The average Bonchev–Trinajstić information content (AvgIpc) is 2.60. The molecule has 1 heterocycles. The number of amides is 1. The number of carbonyl (C=O) groups excluding carboxylic acids is 1. The van der Waals surface area contributed by atoms with Gasteiger partial charge < -0.3 is 9.64 Å². The predicted molar refractivity (Wildman–Crippen MR) is 89.4 cm³/mol. The molecule has 5 nitrogen and oxygen atoms in total. The number of nitrogens with zero attached hydrogens (tertiary/aromatic N) is 3. The number of methoxy groups -OCH3 is 1. The molecule has 0 unspecified atom stereocenters. The fourth-order valence-corrected chi connectivity index (χ4v) is 2.35. The zero-order chi connectivity index (χ0) is 16.8. The van der Waals surface area contributed by atoms with Crippen molar-refractivity contribution in [1.82, 2.24) is 14.9 Å². The molecule has 1 amide bonds. The van der Waals surface area contributed by atoms with Crippen molar-refractivity contribution in [2.24, 2.45) is 0 Å². The quantitative estimate of drug-likeness (QED) is 0.769. The maximum absolute atomic E-state index is 12.7. The molecule has 2 rings (SSSR count). The molecule has 5 heteroatoms. The third kappa shape index (κ3) is 3.74. The number of carbonyl (C=O) groups is 1. The van der Waals surface area contributed by atoms with Gasteiger partial charge in [-0.05, 0) is 43.2 Å². The van der Waals surface area contributed by atoms with E-state index in [0.29, 0.717) is 12.0 Å². The van der Waals surface area contributed by atoms with E-state index < -0.39 is 0 Å². The lowest BCUT2D eigenvalue weighted by Crippen LogP contribution is -2.30. The first-order valence-electron chi connectivity index (χ1n) is 7.39.